The molecule has 0 aliphatic rings. The summed E-state index contributed by atoms with van der Waals surface area (Å²) in [6.07, 6.45) is 1.64. The number of anilines is 2. The number of phenols is 1. The Morgan fingerprint density at radius 2 is 1.54 bits per heavy atom. The predicted octanol–water partition coefficient (Wildman–Crippen LogP) is 6.41. The second kappa shape index (κ2) is 7.64. The van der Waals surface area contributed by atoms with Crippen LogP contribution >= 0.6 is 31.9 Å². The Kier molecular flexibility index (Phi) is 5.33. The van der Waals surface area contributed by atoms with E-state index in [0.717, 1.165) is 21.5 Å². The van der Waals surface area contributed by atoms with Gasteiger partial charge in [0.25, 0.3) is 0 Å². The lowest BCUT2D eigenvalue weighted by Crippen LogP contribution is -1.88. The van der Waals surface area contributed by atoms with Gasteiger partial charge >= 0.3 is 0 Å². The molecule has 0 aromatic heterocycles. The van der Waals surface area contributed by atoms with Gasteiger partial charge in [-0.3, -0.25) is 4.99 Å². The standard InChI is InChI=1S/C19H14Br2N2O/c20-14-10-13(19(24)18(21)11-14)12-22-15-6-8-17(9-7-15)23-16-4-2-1-3-5-16/h1-12,23-24H/b22-12+. The first-order valence-corrected chi connectivity index (χ1v) is 8.84. The van der Waals surface area contributed by atoms with Gasteiger partial charge in [-0.05, 0) is 64.5 Å². The molecular weight excluding hydrogens is 432 g/mol. The Balaban J connectivity index is 1.75. The minimum Gasteiger partial charge on any atom is -0.506 e. The first-order chi connectivity index (χ1) is 11.6. The number of halogens is 2. The number of nitrogens with one attached hydrogen (secondary N) is 1. The molecule has 3 aromatic carbocycles. The van der Waals surface area contributed by atoms with Crippen LogP contribution in [0.2, 0.25) is 0 Å². The molecule has 3 rings (SSSR count). The second-order valence-electron chi connectivity index (χ2n) is 5.12. The van der Waals surface area contributed by atoms with E-state index in [1.54, 1.807) is 12.3 Å². The zero-order valence-corrected chi connectivity index (χ0v) is 15.8. The van der Waals surface area contributed by atoms with Crippen LogP contribution in [-0.4, -0.2) is 11.3 Å². The number of benzene rings is 3. The molecule has 0 fully saturated rings. The molecule has 0 saturated carbocycles. The Labute approximate surface area is 157 Å². The number of aliphatic imine (C=N–C) groups is 1. The normalized spacial score (nSPS) is 10.9. The molecule has 120 valence electrons. The molecule has 0 bridgehead atoms. The van der Waals surface area contributed by atoms with Crippen molar-refractivity contribution in [2.45, 2.75) is 0 Å². The third-order valence-corrected chi connectivity index (χ3v) is 4.40. The van der Waals surface area contributed by atoms with E-state index in [1.807, 2.05) is 60.7 Å². The SMILES string of the molecule is Oc1c(Br)cc(Br)cc1/C=N/c1ccc(Nc2ccccc2)cc1. The molecule has 3 nitrogen and oxygen atoms in total. The molecule has 3 aromatic rings. The summed E-state index contributed by atoms with van der Waals surface area (Å²) in [4.78, 5) is 4.41. The summed E-state index contributed by atoms with van der Waals surface area (Å²) in [5.74, 6) is 0.171. The van der Waals surface area contributed by atoms with Gasteiger partial charge in [-0.15, -0.1) is 0 Å². The lowest BCUT2D eigenvalue weighted by Gasteiger charge is -2.06. The van der Waals surface area contributed by atoms with Crippen LogP contribution in [-0.2, 0) is 0 Å². The minimum atomic E-state index is 0.171. The number of nitrogens with zero attached hydrogens (tertiary/aromatic N) is 1. The third-order valence-electron chi connectivity index (χ3n) is 3.34. The monoisotopic (exact) mass is 444 g/mol. The van der Waals surface area contributed by atoms with Crippen molar-refractivity contribution in [3.8, 4) is 5.75 Å². The second-order valence-corrected chi connectivity index (χ2v) is 6.89. The van der Waals surface area contributed by atoms with Crippen LogP contribution in [0, 0.1) is 0 Å². The molecule has 5 heteroatoms. The number of aromatic hydroxyl groups is 1. The summed E-state index contributed by atoms with van der Waals surface area (Å²) in [5.41, 5.74) is 3.48. The van der Waals surface area contributed by atoms with Crippen LogP contribution in [0.3, 0.4) is 0 Å². The molecule has 2 N–H and O–H groups in total. The van der Waals surface area contributed by atoms with Crippen LogP contribution in [0.15, 0.2) is 80.7 Å². The van der Waals surface area contributed by atoms with Crippen molar-refractivity contribution < 1.29 is 5.11 Å². The van der Waals surface area contributed by atoms with Gasteiger partial charge in [0.1, 0.15) is 5.75 Å². The summed E-state index contributed by atoms with van der Waals surface area (Å²) in [5, 5.41) is 13.4. The highest BCUT2D eigenvalue weighted by Gasteiger charge is 2.05. The first-order valence-electron chi connectivity index (χ1n) is 7.26. The van der Waals surface area contributed by atoms with Crippen LogP contribution in [0.1, 0.15) is 5.56 Å². The van der Waals surface area contributed by atoms with E-state index >= 15 is 0 Å². The first kappa shape index (κ1) is 16.7. The van der Waals surface area contributed by atoms with Crippen molar-refractivity contribution in [3.05, 3.63) is 81.2 Å². The highest BCUT2D eigenvalue weighted by atomic mass is 79.9. The topological polar surface area (TPSA) is 44.6 Å². The molecule has 0 saturated heterocycles. The zero-order valence-electron chi connectivity index (χ0n) is 12.6. The van der Waals surface area contributed by atoms with E-state index in [1.165, 1.54) is 0 Å². The lowest BCUT2D eigenvalue weighted by molar-refractivity contribution is 0.471. The fourth-order valence-corrected chi connectivity index (χ4v) is 3.41. The molecule has 0 aliphatic heterocycles. The van der Waals surface area contributed by atoms with Gasteiger partial charge in [0.15, 0.2) is 0 Å². The smallest absolute Gasteiger partial charge is 0.138 e. The predicted molar refractivity (Wildman–Crippen MR) is 107 cm³/mol. The van der Waals surface area contributed by atoms with Crippen LogP contribution < -0.4 is 5.32 Å². The number of hydrogen-bond acceptors (Lipinski definition) is 3. The molecule has 0 heterocycles. The maximum absolute atomic E-state index is 10.0. The highest BCUT2D eigenvalue weighted by molar-refractivity contribution is 9.11. The summed E-state index contributed by atoms with van der Waals surface area (Å²) < 4.78 is 1.50. The molecule has 0 unspecified atom stereocenters. The number of phenolic OH excluding ortho intramolecular Hbond substituents is 1. The number of hydrogen-bond donors (Lipinski definition) is 2. The lowest BCUT2D eigenvalue weighted by atomic mass is 10.2. The van der Waals surface area contributed by atoms with E-state index in [-0.39, 0.29) is 5.75 Å². The molecule has 24 heavy (non-hydrogen) atoms. The Morgan fingerprint density at radius 1 is 0.875 bits per heavy atom. The van der Waals surface area contributed by atoms with Crippen molar-refractivity contribution in [2.75, 3.05) is 5.32 Å². The van der Waals surface area contributed by atoms with Crippen LogP contribution in [0.25, 0.3) is 0 Å². The fraction of sp³-hybridized carbons (Fsp3) is 0. The van der Waals surface area contributed by atoms with Gasteiger partial charge in [-0.2, -0.15) is 0 Å². The molecule has 0 spiro atoms. The van der Waals surface area contributed by atoms with Gasteiger partial charge in [-0.1, -0.05) is 34.1 Å². The van der Waals surface area contributed by atoms with Crippen molar-refractivity contribution in [3.63, 3.8) is 0 Å². The maximum atomic E-state index is 10.0. The van der Waals surface area contributed by atoms with Crippen molar-refractivity contribution >= 4 is 55.1 Å². The van der Waals surface area contributed by atoms with Crippen molar-refractivity contribution in [2.24, 2.45) is 4.99 Å². The summed E-state index contributed by atoms with van der Waals surface area (Å²) in [7, 11) is 0. The van der Waals surface area contributed by atoms with Gasteiger partial charge in [-0.25, -0.2) is 0 Å². The zero-order chi connectivity index (χ0) is 16.9. The average Bonchev–Trinajstić information content (AvgIpc) is 2.59. The third kappa shape index (κ3) is 4.24. The highest BCUT2D eigenvalue weighted by Crippen LogP contribution is 2.31. The van der Waals surface area contributed by atoms with Gasteiger partial charge in [0.05, 0.1) is 10.2 Å². The Hall–Kier alpha value is -2.11. The Morgan fingerprint density at radius 3 is 2.25 bits per heavy atom. The van der Waals surface area contributed by atoms with E-state index in [4.69, 9.17) is 0 Å². The summed E-state index contributed by atoms with van der Waals surface area (Å²) in [6, 6.07) is 21.4. The Bertz CT molecular complexity index is 863. The molecule has 0 atom stereocenters. The van der Waals surface area contributed by atoms with Crippen molar-refractivity contribution in [1.82, 2.24) is 0 Å². The quantitative estimate of drug-likeness (QED) is 0.455. The van der Waals surface area contributed by atoms with Crippen LogP contribution in [0.5, 0.6) is 5.75 Å². The fourth-order valence-electron chi connectivity index (χ4n) is 2.15. The van der Waals surface area contributed by atoms with Crippen LogP contribution in [0.4, 0.5) is 17.1 Å². The average molecular weight is 446 g/mol. The van der Waals surface area contributed by atoms with E-state index in [0.29, 0.717) is 10.0 Å². The molecular formula is C19H14Br2N2O. The molecule has 0 radical (unpaired) electrons. The van der Waals surface area contributed by atoms with E-state index < -0.39 is 0 Å². The largest absolute Gasteiger partial charge is 0.506 e. The maximum Gasteiger partial charge on any atom is 0.138 e. The summed E-state index contributed by atoms with van der Waals surface area (Å²) >= 11 is 6.72. The summed E-state index contributed by atoms with van der Waals surface area (Å²) in [6.45, 7) is 0. The molecule has 0 amide bonds. The van der Waals surface area contributed by atoms with E-state index in [2.05, 4.69) is 42.2 Å². The van der Waals surface area contributed by atoms with Gasteiger partial charge < -0.3 is 10.4 Å². The molecule has 0 aliphatic carbocycles. The van der Waals surface area contributed by atoms with E-state index in [9.17, 15) is 5.11 Å². The number of rotatable bonds is 4. The number of para-hydroxylation sites is 1. The van der Waals surface area contributed by atoms with Gasteiger partial charge in [0.2, 0.25) is 0 Å². The van der Waals surface area contributed by atoms with Crippen molar-refractivity contribution in [1.29, 1.82) is 0 Å². The van der Waals surface area contributed by atoms with Gasteiger partial charge in [0, 0.05) is 27.6 Å². The minimum absolute atomic E-state index is 0.171.